The summed E-state index contributed by atoms with van der Waals surface area (Å²) in [5, 5.41) is 9.35. The Morgan fingerprint density at radius 1 is 1.37 bits per heavy atom. The van der Waals surface area contributed by atoms with Gasteiger partial charge in [0.05, 0.1) is 24.4 Å². The van der Waals surface area contributed by atoms with E-state index in [0.29, 0.717) is 23.2 Å². The molecule has 1 heterocycles. The predicted octanol–water partition coefficient (Wildman–Crippen LogP) is 1.79. The van der Waals surface area contributed by atoms with Crippen LogP contribution in [0, 0.1) is 6.92 Å². The summed E-state index contributed by atoms with van der Waals surface area (Å²) in [5.74, 6) is -0.304. The number of ether oxygens (including phenoxy) is 1. The Labute approximate surface area is 110 Å². The number of carboxylic acid groups (broad SMARTS) is 1. The SMILES string of the molecule is COc1ccc(C)c2c(=O)ccn(CCC(=O)O)c12. The van der Waals surface area contributed by atoms with E-state index in [2.05, 4.69) is 0 Å². The standard InChI is InChI=1S/C14H15NO4/c1-9-3-4-11(19-2)14-13(9)10(16)5-7-15(14)8-6-12(17)18/h3-5,7H,6,8H2,1-2H3,(H,17,18). The maximum atomic E-state index is 12.0. The number of hydrogen-bond acceptors (Lipinski definition) is 3. The summed E-state index contributed by atoms with van der Waals surface area (Å²) >= 11 is 0. The van der Waals surface area contributed by atoms with Crippen LogP contribution in [0.5, 0.6) is 5.75 Å². The molecule has 19 heavy (non-hydrogen) atoms. The van der Waals surface area contributed by atoms with Gasteiger partial charge in [0, 0.05) is 18.8 Å². The van der Waals surface area contributed by atoms with Crippen LogP contribution in [0.4, 0.5) is 0 Å². The third-order valence-corrected chi connectivity index (χ3v) is 3.08. The molecule has 1 aromatic carbocycles. The van der Waals surface area contributed by atoms with Gasteiger partial charge in [-0.1, -0.05) is 6.07 Å². The molecule has 100 valence electrons. The molecule has 0 bridgehead atoms. The molecule has 2 aromatic rings. The van der Waals surface area contributed by atoms with Gasteiger partial charge in [-0.2, -0.15) is 0 Å². The number of nitrogens with zero attached hydrogens (tertiary/aromatic N) is 1. The predicted molar refractivity (Wildman–Crippen MR) is 71.7 cm³/mol. The average molecular weight is 261 g/mol. The zero-order valence-electron chi connectivity index (χ0n) is 10.8. The number of aryl methyl sites for hydroxylation is 2. The van der Waals surface area contributed by atoms with Gasteiger partial charge in [0.15, 0.2) is 5.43 Å². The first-order valence-corrected chi connectivity index (χ1v) is 5.93. The zero-order valence-corrected chi connectivity index (χ0v) is 10.8. The summed E-state index contributed by atoms with van der Waals surface area (Å²) < 4.78 is 7.02. The number of carbonyl (C=O) groups is 1. The minimum Gasteiger partial charge on any atom is -0.495 e. The number of aliphatic carboxylic acids is 1. The van der Waals surface area contributed by atoms with E-state index in [4.69, 9.17) is 9.84 Å². The van der Waals surface area contributed by atoms with E-state index in [1.807, 2.05) is 13.0 Å². The highest BCUT2D eigenvalue weighted by atomic mass is 16.5. The van der Waals surface area contributed by atoms with Crippen LogP contribution in [0.15, 0.2) is 29.2 Å². The highest BCUT2D eigenvalue weighted by Gasteiger charge is 2.11. The quantitative estimate of drug-likeness (QED) is 0.911. The Morgan fingerprint density at radius 2 is 2.11 bits per heavy atom. The third-order valence-electron chi connectivity index (χ3n) is 3.08. The summed E-state index contributed by atoms with van der Waals surface area (Å²) in [7, 11) is 1.53. The molecule has 0 radical (unpaired) electrons. The Balaban J connectivity index is 2.71. The van der Waals surface area contributed by atoms with Crippen molar-refractivity contribution >= 4 is 16.9 Å². The van der Waals surface area contributed by atoms with Crippen molar-refractivity contribution in [2.24, 2.45) is 0 Å². The number of fused-ring (bicyclic) bond motifs is 1. The highest BCUT2D eigenvalue weighted by molar-refractivity contribution is 5.87. The smallest absolute Gasteiger partial charge is 0.305 e. The van der Waals surface area contributed by atoms with E-state index in [1.54, 1.807) is 16.8 Å². The van der Waals surface area contributed by atoms with Gasteiger partial charge in [0.1, 0.15) is 5.75 Å². The van der Waals surface area contributed by atoms with Gasteiger partial charge in [-0.15, -0.1) is 0 Å². The second-order valence-electron chi connectivity index (χ2n) is 4.33. The molecule has 0 amide bonds. The van der Waals surface area contributed by atoms with Crippen molar-refractivity contribution in [1.29, 1.82) is 0 Å². The molecule has 0 spiro atoms. The Morgan fingerprint density at radius 3 is 2.74 bits per heavy atom. The van der Waals surface area contributed by atoms with E-state index in [-0.39, 0.29) is 11.8 Å². The zero-order chi connectivity index (χ0) is 14.0. The van der Waals surface area contributed by atoms with Crippen molar-refractivity contribution in [3.8, 4) is 5.75 Å². The first kappa shape index (κ1) is 13.1. The normalized spacial score (nSPS) is 10.6. The average Bonchev–Trinajstić information content (AvgIpc) is 2.38. The third kappa shape index (κ3) is 2.45. The summed E-state index contributed by atoms with van der Waals surface area (Å²) in [6.07, 6.45) is 1.60. The number of hydrogen-bond donors (Lipinski definition) is 1. The molecule has 0 unspecified atom stereocenters. The summed E-state index contributed by atoms with van der Waals surface area (Å²) in [4.78, 5) is 22.7. The minimum absolute atomic E-state index is 0.00489. The van der Waals surface area contributed by atoms with Gasteiger partial charge in [-0.3, -0.25) is 9.59 Å². The fourth-order valence-corrected chi connectivity index (χ4v) is 2.15. The largest absolute Gasteiger partial charge is 0.495 e. The van der Waals surface area contributed by atoms with Crippen LogP contribution in [0.25, 0.3) is 10.9 Å². The van der Waals surface area contributed by atoms with E-state index in [9.17, 15) is 9.59 Å². The van der Waals surface area contributed by atoms with Gasteiger partial charge >= 0.3 is 5.97 Å². The Kier molecular flexibility index (Phi) is 3.55. The first-order valence-electron chi connectivity index (χ1n) is 5.93. The molecule has 1 N–H and O–H groups in total. The fraction of sp³-hybridized carbons (Fsp3) is 0.286. The van der Waals surface area contributed by atoms with Gasteiger partial charge in [0.2, 0.25) is 0 Å². The lowest BCUT2D eigenvalue weighted by atomic mass is 10.1. The van der Waals surface area contributed by atoms with Crippen molar-refractivity contribution in [2.75, 3.05) is 7.11 Å². The Bertz CT molecular complexity index is 688. The molecule has 5 heteroatoms. The lowest BCUT2D eigenvalue weighted by molar-refractivity contribution is -0.137. The molecule has 0 fully saturated rings. The molecule has 1 aromatic heterocycles. The fourth-order valence-electron chi connectivity index (χ4n) is 2.15. The molecule has 0 aliphatic rings. The topological polar surface area (TPSA) is 68.5 Å². The first-order chi connectivity index (χ1) is 9.04. The number of pyridine rings is 1. The second-order valence-corrected chi connectivity index (χ2v) is 4.33. The van der Waals surface area contributed by atoms with Crippen LogP contribution >= 0.6 is 0 Å². The van der Waals surface area contributed by atoms with Crippen LogP contribution in [-0.4, -0.2) is 22.8 Å². The van der Waals surface area contributed by atoms with Crippen molar-refractivity contribution in [3.63, 3.8) is 0 Å². The van der Waals surface area contributed by atoms with Crippen molar-refractivity contribution < 1.29 is 14.6 Å². The molecular formula is C14H15NO4. The monoisotopic (exact) mass is 261 g/mol. The van der Waals surface area contributed by atoms with Crippen LogP contribution < -0.4 is 10.2 Å². The maximum Gasteiger partial charge on any atom is 0.305 e. The molecule has 2 rings (SSSR count). The minimum atomic E-state index is -0.876. The van der Waals surface area contributed by atoms with Gasteiger partial charge in [0.25, 0.3) is 0 Å². The lowest BCUT2D eigenvalue weighted by Crippen LogP contribution is -2.12. The lowest BCUT2D eigenvalue weighted by Gasteiger charge is -2.14. The molecule has 5 nitrogen and oxygen atoms in total. The summed E-state index contributed by atoms with van der Waals surface area (Å²) in [5.41, 5.74) is 1.42. The summed E-state index contributed by atoms with van der Waals surface area (Å²) in [6, 6.07) is 5.06. The molecule has 0 aliphatic carbocycles. The van der Waals surface area contributed by atoms with E-state index >= 15 is 0 Å². The van der Waals surface area contributed by atoms with Gasteiger partial charge in [-0.25, -0.2) is 0 Å². The Hall–Kier alpha value is -2.30. The van der Waals surface area contributed by atoms with E-state index in [0.717, 1.165) is 5.56 Å². The highest BCUT2D eigenvalue weighted by Crippen LogP contribution is 2.26. The van der Waals surface area contributed by atoms with Crippen molar-refractivity contribution in [1.82, 2.24) is 4.57 Å². The van der Waals surface area contributed by atoms with Crippen LogP contribution in [0.3, 0.4) is 0 Å². The van der Waals surface area contributed by atoms with Crippen molar-refractivity contribution in [3.05, 3.63) is 40.2 Å². The summed E-state index contributed by atoms with van der Waals surface area (Å²) in [6.45, 7) is 2.15. The van der Waals surface area contributed by atoms with E-state index in [1.165, 1.54) is 13.2 Å². The van der Waals surface area contributed by atoms with Gasteiger partial charge in [-0.05, 0) is 18.6 Å². The molecule has 0 aliphatic heterocycles. The number of benzene rings is 1. The molecule has 0 saturated heterocycles. The second kappa shape index (κ2) is 5.14. The number of rotatable bonds is 4. The number of carboxylic acids is 1. The number of aromatic nitrogens is 1. The van der Waals surface area contributed by atoms with E-state index < -0.39 is 5.97 Å². The van der Waals surface area contributed by atoms with Crippen LogP contribution in [0.2, 0.25) is 0 Å². The number of methoxy groups -OCH3 is 1. The molecule has 0 atom stereocenters. The maximum absolute atomic E-state index is 12.0. The van der Waals surface area contributed by atoms with Gasteiger partial charge < -0.3 is 14.4 Å². The van der Waals surface area contributed by atoms with Crippen LogP contribution in [0.1, 0.15) is 12.0 Å². The van der Waals surface area contributed by atoms with Crippen LogP contribution in [-0.2, 0) is 11.3 Å². The molecular weight excluding hydrogens is 246 g/mol. The van der Waals surface area contributed by atoms with Crippen molar-refractivity contribution in [2.45, 2.75) is 19.9 Å². The molecule has 0 saturated carbocycles.